The largest absolute Gasteiger partial charge is 0.402 e. The fraction of sp³-hybridized carbons (Fsp3) is 0.632. The first-order valence-corrected chi connectivity index (χ1v) is 9.09. The van der Waals surface area contributed by atoms with Crippen molar-refractivity contribution in [3.8, 4) is 0 Å². The zero-order valence-corrected chi connectivity index (χ0v) is 15.8. The second kappa shape index (κ2) is 8.43. The summed E-state index contributed by atoms with van der Waals surface area (Å²) < 4.78 is 0. The number of nitrogens with one attached hydrogen (secondary N) is 1. The second-order valence-electron chi connectivity index (χ2n) is 7.19. The van der Waals surface area contributed by atoms with Crippen LogP contribution >= 0.6 is 0 Å². The predicted octanol–water partition coefficient (Wildman–Crippen LogP) is 1.97. The van der Waals surface area contributed by atoms with E-state index in [9.17, 15) is 0 Å². The van der Waals surface area contributed by atoms with Crippen molar-refractivity contribution in [2.75, 3.05) is 33.2 Å². The summed E-state index contributed by atoms with van der Waals surface area (Å²) in [6.45, 7) is 8.38. The van der Waals surface area contributed by atoms with Gasteiger partial charge in [-0.15, -0.1) is 0 Å². The highest BCUT2D eigenvalue weighted by atomic mass is 15.1. The van der Waals surface area contributed by atoms with Gasteiger partial charge in [-0.3, -0.25) is 9.98 Å². The molecule has 138 valence electrons. The van der Waals surface area contributed by atoms with Crippen LogP contribution in [-0.4, -0.2) is 55.9 Å². The van der Waals surface area contributed by atoms with Crippen molar-refractivity contribution in [1.29, 1.82) is 5.41 Å². The highest BCUT2D eigenvalue weighted by Gasteiger charge is 2.54. The van der Waals surface area contributed by atoms with E-state index in [0.717, 1.165) is 13.1 Å². The lowest BCUT2D eigenvalue weighted by Gasteiger charge is -2.31. The van der Waals surface area contributed by atoms with Crippen molar-refractivity contribution in [3.05, 3.63) is 23.4 Å². The smallest absolute Gasteiger partial charge is 0.118 e. The third-order valence-corrected chi connectivity index (χ3v) is 5.55. The van der Waals surface area contributed by atoms with E-state index in [4.69, 9.17) is 16.9 Å². The molecule has 1 saturated carbocycles. The molecule has 0 aromatic rings. The van der Waals surface area contributed by atoms with Crippen LogP contribution in [0.3, 0.4) is 0 Å². The first kappa shape index (κ1) is 19.4. The maximum absolute atomic E-state index is 8.06. The molecule has 2 rings (SSSR count). The monoisotopic (exact) mass is 344 g/mol. The van der Waals surface area contributed by atoms with Gasteiger partial charge in [-0.1, -0.05) is 6.92 Å². The number of allylic oxidation sites excluding steroid dienone is 3. The number of likely N-dealkylation sites (tertiary alicyclic amines) is 1. The Morgan fingerprint density at radius 2 is 1.96 bits per heavy atom. The molecule has 1 saturated heterocycles. The molecular formula is C19H32N6. The molecule has 0 radical (unpaired) electrons. The fourth-order valence-electron chi connectivity index (χ4n) is 3.66. The summed E-state index contributed by atoms with van der Waals surface area (Å²) in [5.41, 5.74) is 13.8. The van der Waals surface area contributed by atoms with E-state index in [-0.39, 0.29) is 0 Å². The number of nitrogens with zero attached hydrogens (tertiary/aromatic N) is 3. The Labute approximate surface area is 151 Å². The van der Waals surface area contributed by atoms with Crippen molar-refractivity contribution in [1.82, 2.24) is 4.90 Å². The van der Waals surface area contributed by atoms with Gasteiger partial charge in [-0.05, 0) is 69.3 Å². The highest BCUT2D eigenvalue weighted by Crippen LogP contribution is 2.59. The Morgan fingerprint density at radius 1 is 1.28 bits per heavy atom. The van der Waals surface area contributed by atoms with E-state index < -0.39 is 0 Å². The molecule has 0 amide bonds. The summed E-state index contributed by atoms with van der Waals surface area (Å²) in [7, 11) is 1.66. The summed E-state index contributed by atoms with van der Waals surface area (Å²) in [5.74, 6) is 1.15. The van der Waals surface area contributed by atoms with Crippen molar-refractivity contribution in [2.45, 2.75) is 33.1 Å². The van der Waals surface area contributed by atoms with Gasteiger partial charge in [0.25, 0.3) is 0 Å². The quantitative estimate of drug-likeness (QED) is 0.486. The molecule has 6 heteroatoms. The molecule has 1 atom stereocenters. The molecular weight excluding hydrogens is 312 g/mol. The summed E-state index contributed by atoms with van der Waals surface area (Å²) in [5, 5.41) is 8.06. The van der Waals surface area contributed by atoms with Gasteiger partial charge < -0.3 is 21.8 Å². The minimum absolute atomic E-state index is 0.290. The Kier molecular flexibility index (Phi) is 6.53. The van der Waals surface area contributed by atoms with Crippen molar-refractivity contribution < 1.29 is 0 Å². The molecule has 1 aliphatic heterocycles. The molecule has 1 aliphatic carbocycles. The maximum atomic E-state index is 8.06. The van der Waals surface area contributed by atoms with E-state index in [1.165, 1.54) is 32.4 Å². The normalized spacial score (nSPS) is 24.9. The Balaban J connectivity index is 1.85. The number of aliphatic imine (C=N–C) groups is 2. The summed E-state index contributed by atoms with van der Waals surface area (Å²) in [6.07, 6.45) is 8.78. The average molecular weight is 345 g/mol. The van der Waals surface area contributed by atoms with Gasteiger partial charge in [0, 0.05) is 31.1 Å². The lowest BCUT2D eigenvalue weighted by molar-refractivity contribution is 0.170. The highest BCUT2D eigenvalue weighted by molar-refractivity contribution is 6.21. The number of rotatable bonds is 7. The third kappa shape index (κ3) is 5.01. The van der Waals surface area contributed by atoms with Crippen molar-refractivity contribution in [3.63, 3.8) is 0 Å². The van der Waals surface area contributed by atoms with Crippen LogP contribution in [-0.2, 0) is 0 Å². The SMILES string of the molecule is CCN1CCC2(CC1)CC2CN=C(N)/C=C\C(=N)C(C=NC)=C(C)N. The number of piperidine rings is 1. The van der Waals surface area contributed by atoms with Gasteiger partial charge in [0.15, 0.2) is 0 Å². The lowest BCUT2D eigenvalue weighted by Crippen LogP contribution is -2.35. The molecule has 5 N–H and O–H groups in total. The molecule has 0 aromatic heterocycles. The molecule has 1 heterocycles. The predicted molar refractivity (Wildman–Crippen MR) is 107 cm³/mol. The van der Waals surface area contributed by atoms with Crippen LogP contribution in [0.4, 0.5) is 0 Å². The molecule has 0 bridgehead atoms. The van der Waals surface area contributed by atoms with E-state index in [1.54, 1.807) is 32.3 Å². The van der Waals surface area contributed by atoms with E-state index in [1.807, 2.05) is 0 Å². The van der Waals surface area contributed by atoms with Crippen LogP contribution in [0.1, 0.15) is 33.1 Å². The van der Waals surface area contributed by atoms with Crippen LogP contribution in [0, 0.1) is 16.7 Å². The van der Waals surface area contributed by atoms with Crippen LogP contribution in [0.5, 0.6) is 0 Å². The third-order valence-electron chi connectivity index (χ3n) is 5.55. The summed E-state index contributed by atoms with van der Waals surface area (Å²) >= 11 is 0. The molecule has 1 spiro atoms. The van der Waals surface area contributed by atoms with Crippen LogP contribution in [0.15, 0.2) is 33.4 Å². The lowest BCUT2D eigenvalue weighted by atomic mass is 9.91. The molecule has 1 unspecified atom stereocenters. The first-order valence-electron chi connectivity index (χ1n) is 9.09. The molecule has 2 fully saturated rings. The number of hydrogen-bond acceptors (Lipinski definition) is 5. The van der Waals surface area contributed by atoms with Gasteiger partial charge in [-0.2, -0.15) is 0 Å². The van der Waals surface area contributed by atoms with Crippen LogP contribution < -0.4 is 11.5 Å². The topological polar surface area (TPSA) is 104 Å². The Morgan fingerprint density at radius 3 is 2.52 bits per heavy atom. The van der Waals surface area contributed by atoms with E-state index in [0.29, 0.717) is 34.2 Å². The molecule has 0 aromatic carbocycles. The van der Waals surface area contributed by atoms with Gasteiger partial charge >= 0.3 is 0 Å². The second-order valence-corrected chi connectivity index (χ2v) is 7.19. The van der Waals surface area contributed by atoms with Gasteiger partial charge in [0.1, 0.15) is 5.84 Å². The average Bonchev–Trinajstić information content (AvgIpc) is 3.28. The summed E-state index contributed by atoms with van der Waals surface area (Å²) in [6, 6.07) is 0. The van der Waals surface area contributed by atoms with Gasteiger partial charge in [-0.25, -0.2) is 0 Å². The Hall–Kier alpha value is -1.95. The van der Waals surface area contributed by atoms with Crippen LogP contribution in [0.25, 0.3) is 0 Å². The van der Waals surface area contributed by atoms with Crippen molar-refractivity contribution >= 4 is 17.8 Å². The fourth-order valence-corrected chi connectivity index (χ4v) is 3.66. The Bertz CT molecular complexity index is 601. The molecule has 25 heavy (non-hydrogen) atoms. The number of nitrogens with two attached hydrogens (primary N) is 2. The minimum atomic E-state index is 0.290. The maximum Gasteiger partial charge on any atom is 0.118 e. The molecule has 6 nitrogen and oxygen atoms in total. The number of hydrogen-bond donors (Lipinski definition) is 3. The molecule has 2 aliphatic rings. The standard InChI is InChI=1S/C19H32N6/c1-4-25-9-7-19(8-10-25)11-15(19)12-24-18(22)6-5-17(21)16(13-23-3)14(2)20/h5-6,13,15,21H,4,7-12,20H2,1-3H3,(H2,22,24)/b6-5-,16-14?,21-17?,23-13?. The zero-order chi connectivity index (χ0) is 18.4. The van der Waals surface area contributed by atoms with Crippen LogP contribution in [0.2, 0.25) is 0 Å². The minimum Gasteiger partial charge on any atom is -0.402 e. The zero-order valence-electron chi connectivity index (χ0n) is 15.8. The number of amidine groups is 1. The van der Waals surface area contributed by atoms with Gasteiger partial charge in [0.2, 0.25) is 0 Å². The summed E-state index contributed by atoms with van der Waals surface area (Å²) in [4.78, 5) is 11.0. The van der Waals surface area contributed by atoms with Crippen molar-refractivity contribution in [2.24, 2.45) is 32.8 Å². The van der Waals surface area contributed by atoms with Gasteiger partial charge in [0.05, 0.1) is 5.71 Å². The van der Waals surface area contributed by atoms with E-state index in [2.05, 4.69) is 21.8 Å². The van der Waals surface area contributed by atoms with E-state index >= 15 is 0 Å². The first-order chi connectivity index (χ1) is 11.9.